The highest BCUT2D eigenvalue weighted by atomic mass is 79.9. The Kier molecular flexibility index (Phi) is 4.37. The van der Waals surface area contributed by atoms with Crippen molar-refractivity contribution in [3.8, 4) is 0 Å². The zero-order valence-electron chi connectivity index (χ0n) is 10.8. The molecule has 0 saturated heterocycles. The second-order valence-corrected chi connectivity index (χ2v) is 5.63. The number of rotatable bonds is 4. The lowest BCUT2D eigenvalue weighted by atomic mass is 10.1. The fourth-order valence-corrected chi connectivity index (χ4v) is 2.43. The van der Waals surface area contributed by atoms with Crippen LogP contribution in [0.1, 0.15) is 37.3 Å². The normalized spacial score (nSPS) is 12.9. The molecule has 1 aromatic carbocycles. The molecular formula is C14H16BrFN2O. The summed E-state index contributed by atoms with van der Waals surface area (Å²) in [4.78, 5) is 4.06. The van der Waals surface area contributed by atoms with Gasteiger partial charge in [-0.15, -0.1) is 0 Å². The van der Waals surface area contributed by atoms with Gasteiger partial charge in [0, 0.05) is 16.9 Å². The fourth-order valence-electron chi connectivity index (χ4n) is 2.02. The summed E-state index contributed by atoms with van der Waals surface area (Å²) in [5.74, 6) is -0.303. The van der Waals surface area contributed by atoms with Crippen molar-refractivity contribution in [2.24, 2.45) is 0 Å². The lowest BCUT2D eigenvalue weighted by molar-refractivity contribution is 0.167. The van der Waals surface area contributed by atoms with Crippen LogP contribution in [0, 0.1) is 5.82 Å². The van der Waals surface area contributed by atoms with Gasteiger partial charge < -0.3 is 9.67 Å². The lowest BCUT2D eigenvalue weighted by Crippen LogP contribution is -2.11. The van der Waals surface area contributed by atoms with Gasteiger partial charge in [-0.2, -0.15) is 0 Å². The maximum absolute atomic E-state index is 13.2. The predicted octanol–water partition coefficient (Wildman–Crippen LogP) is 3.64. The number of halogens is 2. The molecule has 0 aliphatic rings. The molecule has 0 aliphatic heterocycles. The summed E-state index contributed by atoms with van der Waals surface area (Å²) in [5.41, 5.74) is 1.48. The van der Waals surface area contributed by atoms with E-state index >= 15 is 0 Å². The number of hydrogen-bond donors (Lipinski definition) is 1. The second-order valence-electron chi connectivity index (χ2n) is 4.78. The average molecular weight is 327 g/mol. The van der Waals surface area contributed by atoms with Crippen LogP contribution in [-0.4, -0.2) is 14.7 Å². The van der Waals surface area contributed by atoms with Crippen molar-refractivity contribution >= 4 is 15.9 Å². The fraction of sp³-hybridized carbons (Fsp3) is 0.357. The molecule has 1 atom stereocenters. The molecule has 0 saturated carbocycles. The van der Waals surface area contributed by atoms with Crippen molar-refractivity contribution in [3.05, 3.63) is 52.3 Å². The van der Waals surface area contributed by atoms with E-state index in [0.717, 1.165) is 15.7 Å². The Labute approximate surface area is 120 Å². The van der Waals surface area contributed by atoms with Gasteiger partial charge in [-0.25, -0.2) is 9.37 Å². The van der Waals surface area contributed by atoms with E-state index in [1.54, 1.807) is 18.6 Å². The highest BCUT2D eigenvalue weighted by Crippen LogP contribution is 2.25. The van der Waals surface area contributed by atoms with E-state index in [1.165, 1.54) is 12.1 Å². The van der Waals surface area contributed by atoms with E-state index in [-0.39, 0.29) is 11.9 Å². The first kappa shape index (κ1) is 14.2. The average Bonchev–Trinajstić information content (AvgIpc) is 2.83. The number of aliphatic hydroxyl groups excluding tert-OH is 1. The van der Waals surface area contributed by atoms with E-state index in [1.807, 2.05) is 18.4 Å². The molecule has 0 fully saturated rings. The third-order valence-corrected chi connectivity index (χ3v) is 3.79. The highest BCUT2D eigenvalue weighted by molar-refractivity contribution is 9.10. The van der Waals surface area contributed by atoms with Crippen molar-refractivity contribution in [1.82, 2.24) is 9.55 Å². The number of imidazole rings is 1. The van der Waals surface area contributed by atoms with Crippen molar-refractivity contribution in [1.29, 1.82) is 0 Å². The Morgan fingerprint density at radius 1 is 1.42 bits per heavy atom. The van der Waals surface area contributed by atoms with Crippen LogP contribution in [-0.2, 0) is 6.42 Å². The SMILES string of the molecule is CC(C)n1cncc1C(O)Cc1cc(F)ccc1Br. The first-order valence-electron chi connectivity index (χ1n) is 6.12. The molecule has 1 heterocycles. The van der Waals surface area contributed by atoms with E-state index in [9.17, 15) is 9.50 Å². The van der Waals surface area contributed by atoms with Crippen LogP contribution < -0.4 is 0 Å². The van der Waals surface area contributed by atoms with Crippen LogP contribution in [0.25, 0.3) is 0 Å². The minimum Gasteiger partial charge on any atom is -0.386 e. The standard InChI is InChI=1S/C14H16BrFN2O/c1-9(2)18-8-17-7-13(18)14(19)6-10-5-11(16)3-4-12(10)15/h3-5,7-9,14,19H,6H2,1-2H3. The van der Waals surface area contributed by atoms with E-state index in [4.69, 9.17) is 0 Å². The van der Waals surface area contributed by atoms with E-state index < -0.39 is 6.10 Å². The molecular weight excluding hydrogens is 311 g/mol. The number of hydrogen-bond acceptors (Lipinski definition) is 2. The van der Waals surface area contributed by atoms with Gasteiger partial charge >= 0.3 is 0 Å². The van der Waals surface area contributed by atoms with Gasteiger partial charge in [-0.3, -0.25) is 0 Å². The van der Waals surface area contributed by atoms with Crippen molar-refractivity contribution < 1.29 is 9.50 Å². The number of aliphatic hydroxyl groups is 1. The summed E-state index contributed by atoms with van der Waals surface area (Å²) >= 11 is 3.37. The molecule has 102 valence electrons. The van der Waals surface area contributed by atoms with E-state index in [0.29, 0.717) is 6.42 Å². The Balaban J connectivity index is 2.23. The van der Waals surface area contributed by atoms with Gasteiger partial charge in [0.2, 0.25) is 0 Å². The summed E-state index contributed by atoms with van der Waals surface area (Å²) in [6.45, 7) is 4.05. The van der Waals surface area contributed by atoms with Crippen LogP contribution in [0.5, 0.6) is 0 Å². The molecule has 2 rings (SSSR count). The minimum atomic E-state index is -0.706. The first-order chi connectivity index (χ1) is 8.99. The number of aromatic nitrogens is 2. The van der Waals surface area contributed by atoms with Crippen LogP contribution in [0.4, 0.5) is 4.39 Å². The summed E-state index contributed by atoms with van der Waals surface area (Å²) in [6, 6.07) is 4.70. The van der Waals surface area contributed by atoms with Crippen molar-refractivity contribution in [2.45, 2.75) is 32.4 Å². The first-order valence-corrected chi connectivity index (χ1v) is 6.92. The Morgan fingerprint density at radius 2 is 2.16 bits per heavy atom. The van der Waals surface area contributed by atoms with Crippen LogP contribution in [0.2, 0.25) is 0 Å². The predicted molar refractivity (Wildman–Crippen MR) is 75.4 cm³/mol. The van der Waals surface area contributed by atoms with Crippen molar-refractivity contribution in [3.63, 3.8) is 0 Å². The van der Waals surface area contributed by atoms with Gasteiger partial charge in [0.1, 0.15) is 5.82 Å². The van der Waals surface area contributed by atoms with Crippen LogP contribution >= 0.6 is 15.9 Å². The number of benzene rings is 1. The maximum Gasteiger partial charge on any atom is 0.123 e. The summed E-state index contributed by atoms with van der Waals surface area (Å²) in [6.07, 6.45) is 2.99. The molecule has 19 heavy (non-hydrogen) atoms. The summed E-state index contributed by atoms with van der Waals surface area (Å²) < 4.78 is 15.9. The van der Waals surface area contributed by atoms with E-state index in [2.05, 4.69) is 20.9 Å². The summed E-state index contributed by atoms with van der Waals surface area (Å²) in [7, 11) is 0. The lowest BCUT2D eigenvalue weighted by Gasteiger charge is -2.17. The topological polar surface area (TPSA) is 38.0 Å². The van der Waals surface area contributed by atoms with Gasteiger partial charge in [0.25, 0.3) is 0 Å². The zero-order valence-corrected chi connectivity index (χ0v) is 12.4. The molecule has 0 spiro atoms. The monoisotopic (exact) mass is 326 g/mol. The molecule has 0 aliphatic carbocycles. The van der Waals surface area contributed by atoms with Gasteiger partial charge in [-0.05, 0) is 37.6 Å². The maximum atomic E-state index is 13.2. The third kappa shape index (κ3) is 3.22. The minimum absolute atomic E-state index is 0.225. The summed E-state index contributed by atoms with van der Waals surface area (Å²) in [5, 5.41) is 10.3. The molecule has 1 aromatic heterocycles. The molecule has 1 N–H and O–H groups in total. The molecule has 2 aromatic rings. The Bertz CT molecular complexity index is 568. The second kappa shape index (κ2) is 5.84. The van der Waals surface area contributed by atoms with Gasteiger partial charge in [0.05, 0.1) is 24.3 Å². The zero-order chi connectivity index (χ0) is 14.0. The largest absolute Gasteiger partial charge is 0.386 e. The van der Waals surface area contributed by atoms with Crippen LogP contribution in [0.3, 0.4) is 0 Å². The molecule has 1 unspecified atom stereocenters. The number of nitrogens with zero attached hydrogens (tertiary/aromatic N) is 2. The molecule has 5 heteroatoms. The third-order valence-electron chi connectivity index (χ3n) is 3.01. The quantitative estimate of drug-likeness (QED) is 0.931. The van der Waals surface area contributed by atoms with Crippen molar-refractivity contribution in [2.75, 3.05) is 0 Å². The molecule has 0 radical (unpaired) electrons. The Hall–Kier alpha value is -1.20. The molecule has 0 bridgehead atoms. The van der Waals surface area contributed by atoms with Gasteiger partial charge in [-0.1, -0.05) is 15.9 Å². The molecule has 0 amide bonds. The Morgan fingerprint density at radius 3 is 2.84 bits per heavy atom. The van der Waals surface area contributed by atoms with Gasteiger partial charge in [0.15, 0.2) is 0 Å². The highest BCUT2D eigenvalue weighted by Gasteiger charge is 2.16. The smallest absolute Gasteiger partial charge is 0.123 e. The van der Waals surface area contributed by atoms with Crippen LogP contribution in [0.15, 0.2) is 35.2 Å². The molecule has 3 nitrogen and oxygen atoms in total.